The van der Waals surface area contributed by atoms with Crippen molar-refractivity contribution in [3.05, 3.63) is 29.8 Å². The molecule has 2 heterocycles. The molecule has 1 aromatic carbocycles. The monoisotopic (exact) mass is 381 g/mol. The number of nitrogens with zero attached hydrogens (tertiary/aromatic N) is 1. The summed E-state index contributed by atoms with van der Waals surface area (Å²) in [5.74, 6) is 1.35. The molecule has 3 saturated carbocycles. The molecule has 1 aromatic rings. The summed E-state index contributed by atoms with van der Waals surface area (Å²) in [6.45, 7) is 6.34. The highest BCUT2D eigenvalue weighted by Crippen LogP contribution is 2.58. The Morgan fingerprint density at radius 3 is 2.82 bits per heavy atom. The lowest BCUT2D eigenvalue weighted by Gasteiger charge is -2.61. The van der Waals surface area contributed by atoms with Crippen molar-refractivity contribution in [2.24, 2.45) is 23.2 Å². The Morgan fingerprint density at radius 1 is 1.21 bits per heavy atom. The van der Waals surface area contributed by atoms with Crippen molar-refractivity contribution in [2.45, 2.75) is 58.0 Å². The van der Waals surface area contributed by atoms with Crippen LogP contribution in [0, 0.1) is 23.2 Å². The van der Waals surface area contributed by atoms with Crippen LogP contribution in [0.5, 0.6) is 0 Å². The number of carbonyl (C=O) groups excluding carboxylic acids is 2. The van der Waals surface area contributed by atoms with Gasteiger partial charge in [-0.05, 0) is 62.0 Å². The van der Waals surface area contributed by atoms with Crippen molar-refractivity contribution >= 4 is 17.5 Å². The lowest BCUT2D eigenvalue weighted by molar-refractivity contribution is -0.152. The summed E-state index contributed by atoms with van der Waals surface area (Å²) < 4.78 is 0. The maximum Gasteiger partial charge on any atom is 0.255 e. The van der Waals surface area contributed by atoms with E-state index in [1.165, 1.54) is 6.42 Å². The second kappa shape index (κ2) is 6.23. The molecule has 2 N–H and O–H groups in total. The third kappa shape index (κ3) is 2.66. The van der Waals surface area contributed by atoms with Crippen LogP contribution in [-0.2, 0) is 4.79 Å². The Bertz CT molecular complexity index is 824. The van der Waals surface area contributed by atoms with Gasteiger partial charge in [0.1, 0.15) is 5.66 Å². The van der Waals surface area contributed by atoms with Gasteiger partial charge in [-0.25, -0.2) is 0 Å². The number of amides is 2. The summed E-state index contributed by atoms with van der Waals surface area (Å²) in [4.78, 5) is 28.4. The summed E-state index contributed by atoms with van der Waals surface area (Å²) >= 11 is 0. The third-order valence-electron chi connectivity index (χ3n) is 7.94. The van der Waals surface area contributed by atoms with Crippen LogP contribution in [0.3, 0.4) is 0 Å². The first kappa shape index (κ1) is 18.0. The molecule has 2 aliphatic heterocycles. The largest absolute Gasteiger partial charge is 0.362 e. The van der Waals surface area contributed by atoms with E-state index < -0.39 is 5.66 Å². The smallest absolute Gasteiger partial charge is 0.255 e. The topological polar surface area (TPSA) is 61.4 Å². The lowest BCUT2D eigenvalue weighted by Crippen LogP contribution is -2.70. The van der Waals surface area contributed by atoms with E-state index in [9.17, 15) is 9.59 Å². The Kier molecular flexibility index (Phi) is 4.01. The van der Waals surface area contributed by atoms with Gasteiger partial charge in [0, 0.05) is 30.6 Å². The van der Waals surface area contributed by atoms with Crippen LogP contribution in [0.4, 0.5) is 5.69 Å². The molecule has 5 heteroatoms. The number of hydrogen-bond donors (Lipinski definition) is 2. The summed E-state index contributed by atoms with van der Waals surface area (Å²) in [6, 6.07) is 7.75. The van der Waals surface area contributed by atoms with Gasteiger partial charge in [-0.2, -0.15) is 0 Å². The van der Waals surface area contributed by atoms with E-state index in [1.54, 1.807) is 0 Å². The summed E-state index contributed by atoms with van der Waals surface area (Å²) in [7, 11) is 0. The van der Waals surface area contributed by atoms with E-state index in [2.05, 4.69) is 29.4 Å². The predicted octanol–water partition coefficient (Wildman–Crippen LogP) is 3.62. The van der Waals surface area contributed by atoms with Crippen molar-refractivity contribution in [3.8, 4) is 0 Å². The first-order chi connectivity index (χ1) is 13.4. The fourth-order valence-electron chi connectivity index (χ4n) is 6.44. The zero-order valence-electron chi connectivity index (χ0n) is 17.0. The second-order valence-electron chi connectivity index (χ2n) is 9.98. The zero-order chi connectivity index (χ0) is 19.5. The van der Waals surface area contributed by atoms with Crippen molar-refractivity contribution in [1.29, 1.82) is 0 Å². The molecule has 5 atom stereocenters. The van der Waals surface area contributed by atoms with Gasteiger partial charge in [-0.1, -0.05) is 26.0 Å². The van der Waals surface area contributed by atoms with Gasteiger partial charge in [0.05, 0.1) is 5.56 Å². The second-order valence-corrected chi connectivity index (χ2v) is 9.98. The van der Waals surface area contributed by atoms with E-state index in [1.807, 2.05) is 24.3 Å². The molecule has 0 aromatic heterocycles. The molecular weight excluding hydrogens is 350 g/mol. The first-order valence-electron chi connectivity index (χ1n) is 10.9. The highest BCUT2D eigenvalue weighted by atomic mass is 16.2. The van der Waals surface area contributed by atoms with E-state index in [0.717, 1.165) is 56.4 Å². The maximum absolute atomic E-state index is 13.4. The quantitative estimate of drug-likeness (QED) is 0.781. The minimum Gasteiger partial charge on any atom is -0.362 e. The standard InChI is InChI=1S/C23H31N3O2/c1-15-6-5-11-26(13-15)21(28)18-12-16-9-10-22(18,2)14-23(16)24-19-8-4-3-7-17(19)20(27)25-23/h3-4,7-8,15-16,18,24H,5-6,9-14H2,1-2H3,(H,25,27)/t15-,16-,18+,22+,23-/m1/s1. The van der Waals surface area contributed by atoms with Crippen LogP contribution in [-0.4, -0.2) is 35.5 Å². The molecule has 2 amide bonds. The summed E-state index contributed by atoms with van der Waals surface area (Å²) in [5.41, 5.74) is 1.16. The van der Waals surface area contributed by atoms with E-state index in [4.69, 9.17) is 0 Å². The molecule has 1 saturated heterocycles. The molecule has 150 valence electrons. The molecule has 5 aliphatic rings. The molecule has 6 rings (SSSR count). The molecule has 28 heavy (non-hydrogen) atoms. The SMILES string of the molecule is C[C@@H]1CCCN(C(=O)[C@@H]2C[C@H]3CC[C@@]2(C)C[C@@]32NC(=O)c3ccccc3N2)C1. The number of likely N-dealkylation sites (tertiary alicyclic amines) is 1. The Balaban J connectivity index is 1.41. The molecule has 1 spiro atoms. The minimum absolute atomic E-state index is 0.0123. The first-order valence-corrected chi connectivity index (χ1v) is 10.9. The Morgan fingerprint density at radius 2 is 2.04 bits per heavy atom. The fourth-order valence-corrected chi connectivity index (χ4v) is 6.44. The zero-order valence-corrected chi connectivity index (χ0v) is 17.0. The molecule has 0 unspecified atom stereocenters. The molecule has 5 nitrogen and oxygen atoms in total. The van der Waals surface area contributed by atoms with Crippen LogP contribution >= 0.6 is 0 Å². The molecule has 0 radical (unpaired) electrons. The highest BCUT2D eigenvalue weighted by Gasteiger charge is 2.60. The number of rotatable bonds is 1. The fraction of sp³-hybridized carbons (Fsp3) is 0.652. The number of hydrogen-bond acceptors (Lipinski definition) is 3. The lowest BCUT2D eigenvalue weighted by atomic mass is 9.51. The van der Waals surface area contributed by atoms with Crippen LogP contribution in [0.2, 0.25) is 0 Å². The van der Waals surface area contributed by atoms with Crippen molar-refractivity contribution < 1.29 is 9.59 Å². The van der Waals surface area contributed by atoms with Gasteiger partial charge in [0.2, 0.25) is 5.91 Å². The number of anilines is 1. The van der Waals surface area contributed by atoms with E-state index in [-0.39, 0.29) is 17.2 Å². The van der Waals surface area contributed by atoms with Crippen LogP contribution in [0.1, 0.15) is 62.7 Å². The molecular formula is C23H31N3O2. The van der Waals surface area contributed by atoms with Crippen molar-refractivity contribution in [3.63, 3.8) is 0 Å². The number of nitrogens with one attached hydrogen (secondary N) is 2. The van der Waals surface area contributed by atoms with Crippen LogP contribution in [0.25, 0.3) is 0 Å². The average molecular weight is 382 g/mol. The van der Waals surface area contributed by atoms with E-state index >= 15 is 0 Å². The maximum atomic E-state index is 13.4. The van der Waals surface area contributed by atoms with Gasteiger partial charge < -0.3 is 15.5 Å². The molecule has 4 fully saturated rings. The van der Waals surface area contributed by atoms with Gasteiger partial charge in [-0.15, -0.1) is 0 Å². The van der Waals surface area contributed by atoms with Gasteiger partial charge in [0.15, 0.2) is 0 Å². The number of para-hydroxylation sites is 1. The molecule has 2 bridgehead atoms. The van der Waals surface area contributed by atoms with Gasteiger partial charge in [-0.3, -0.25) is 9.59 Å². The minimum atomic E-state index is -0.412. The third-order valence-corrected chi connectivity index (χ3v) is 7.94. The van der Waals surface area contributed by atoms with Crippen LogP contribution < -0.4 is 10.6 Å². The molecule has 3 aliphatic carbocycles. The normalized spacial score (nSPS) is 39.3. The van der Waals surface area contributed by atoms with Crippen molar-refractivity contribution in [2.75, 3.05) is 18.4 Å². The van der Waals surface area contributed by atoms with Crippen molar-refractivity contribution in [1.82, 2.24) is 10.2 Å². The number of piperidine rings is 1. The Labute approximate surface area is 167 Å². The average Bonchev–Trinajstić information content (AvgIpc) is 2.67. The van der Waals surface area contributed by atoms with Crippen LogP contribution in [0.15, 0.2) is 24.3 Å². The highest BCUT2D eigenvalue weighted by molar-refractivity contribution is 6.02. The van der Waals surface area contributed by atoms with Gasteiger partial charge >= 0.3 is 0 Å². The summed E-state index contributed by atoms with van der Waals surface area (Å²) in [5, 5.41) is 7.00. The van der Waals surface area contributed by atoms with Gasteiger partial charge in [0.25, 0.3) is 5.91 Å². The van der Waals surface area contributed by atoms with E-state index in [0.29, 0.717) is 17.7 Å². The number of fused-ring (bicyclic) bond motifs is 3. The Hall–Kier alpha value is -2.04. The predicted molar refractivity (Wildman–Crippen MR) is 109 cm³/mol. The number of carbonyl (C=O) groups is 2. The summed E-state index contributed by atoms with van der Waals surface area (Å²) in [6.07, 6.45) is 6.18. The number of benzene rings is 1.